The van der Waals surface area contributed by atoms with Gasteiger partial charge in [-0.2, -0.15) is 8.42 Å². The molecule has 13 heavy (non-hydrogen) atoms. The predicted octanol–water partition coefficient (Wildman–Crippen LogP) is -1.91. The Morgan fingerprint density at radius 3 is 2.31 bits per heavy atom. The van der Waals surface area contributed by atoms with Crippen molar-refractivity contribution < 1.29 is 17.9 Å². The van der Waals surface area contributed by atoms with Gasteiger partial charge in [-0.25, -0.2) is 0 Å². The average molecular weight is 222 g/mol. The molecule has 0 amide bonds. The van der Waals surface area contributed by atoms with Crippen LogP contribution in [0.15, 0.2) is 0 Å². The van der Waals surface area contributed by atoms with Crippen molar-refractivity contribution in [1.29, 1.82) is 0 Å². The van der Waals surface area contributed by atoms with E-state index < -0.39 is 20.8 Å². The van der Waals surface area contributed by atoms with Gasteiger partial charge in [0.15, 0.2) is 0 Å². The molecule has 0 unspecified atom stereocenters. The molecule has 0 spiro atoms. The summed E-state index contributed by atoms with van der Waals surface area (Å²) in [6, 6.07) is 0. The van der Waals surface area contributed by atoms with Crippen molar-refractivity contribution in [3.05, 3.63) is 10.1 Å². The second-order valence-electron chi connectivity index (χ2n) is 2.09. The molecular weight excluding hydrogens is 211 g/mol. The first-order chi connectivity index (χ1) is 5.42. The van der Waals surface area contributed by atoms with Crippen LogP contribution >= 0.6 is 0 Å². The molecule has 0 aromatic heterocycles. The van der Waals surface area contributed by atoms with Gasteiger partial charge in [0.1, 0.15) is 0 Å². The van der Waals surface area contributed by atoms with Crippen LogP contribution in [0, 0.1) is 10.1 Å². The molecule has 0 aliphatic carbocycles. The van der Waals surface area contributed by atoms with Crippen LogP contribution in [0.4, 0.5) is 0 Å². The molecule has 74 valence electrons. The van der Waals surface area contributed by atoms with Gasteiger partial charge < -0.3 is 5.32 Å². The first-order valence-electron chi connectivity index (χ1n) is 3.19. The van der Waals surface area contributed by atoms with E-state index in [0.717, 1.165) is 0 Å². The summed E-state index contributed by atoms with van der Waals surface area (Å²) in [4.78, 5) is 9.24. The number of hydrogen-bond acceptors (Lipinski definition) is 5. The fourth-order valence-corrected chi connectivity index (χ4v) is 0.899. The van der Waals surface area contributed by atoms with Gasteiger partial charge in [0, 0.05) is 11.5 Å². The maximum atomic E-state index is 10.1. The molecule has 0 saturated carbocycles. The van der Waals surface area contributed by atoms with Crippen molar-refractivity contribution in [2.45, 2.75) is 0 Å². The third-order valence-electron chi connectivity index (χ3n) is 1.01. The quantitative estimate of drug-likeness (QED) is 0.178. The van der Waals surface area contributed by atoms with E-state index >= 15 is 0 Å². The summed E-state index contributed by atoms with van der Waals surface area (Å²) in [5.74, 6) is -0.426. The van der Waals surface area contributed by atoms with Crippen molar-refractivity contribution in [1.82, 2.24) is 5.32 Å². The molecule has 0 bridgehead atoms. The number of nitrogens with one attached hydrogen (secondary N) is 1. The van der Waals surface area contributed by atoms with Gasteiger partial charge in [-0.3, -0.25) is 14.7 Å². The van der Waals surface area contributed by atoms with Gasteiger partial charge in [-0.05, 0) is 0 Å². The average Bonchev–Trinajstić information content (AvgIpc) is 1.83. The van der Waals surface area contributed by atoms with Crippen LogP contribution in [0.3, 0.4) is 0 Å². The number of rotatable bonds is 6. The van der Waals surface area contributed by atoms with E-state index in [4.69, 9.17) is 4.55 Å². The third-order valence-corrected chi connectivity index (χ3v) is 1.73. The first-order valence-corrected chi connectivity index (χ1v) is 4.80. The first kappa shape index (κ1) is 15.7. The SMILES string of the molecule is O=[N+]([O-])CCNCCS(=O)(=O)O.[NaH]. The zero-order valence-electron chi connectivity index (χ0n) is 6.26. The summed E-state index contributed by atoms with van der Waals surface area (Å²) < 4.78 is 28.4. The van der Waals surface area contributed by atoms with E-state index in [1.807, 2.05) is 0 Å². The predicted molar refractivity (Wildman–Crippen MR) is 48.3 cm³/mol. The number of nitrogens with zero attached hydrogens (tertiary/aromatic N) is 1. The molecule has 0 rings (SSSR count). The van der Waals surface area contributed by atoms with E-state index in [-0.39, 0.29) is 49.2 Å². The number of hydrogen-bond donors (Lipinski definition) is 2. The Kier molecular flexibility index (Phi) is 9.26. The summed E-state index contributed by atoms with van der Waals surface area (Å²) in [6.45, 7) is -0.138. The van der Waals surface area contributed by atoms with Crippen LogP contribution in [0.2, 0.25) is 0 Å². The molecule has 0 heterocycles. The Balaban J connectivity index is 0. The molecular formula is C4H11N2NaO5S. The van der Waals surface area contributed by atoms with Crippen LogP contribution in [0.1, 0.15) is 0 Å². The second-order valence-corrected chi connectivity index (χ2v) is 3.66. The molecule has 0 saturated heterocycles. The van der Waals surface area contributed by atoms with E-state index in [0.29, 0.717) is 0 Å². The summed E-state index contributed by atoms with van der Waals surface area (Å²) >= 11 is 0. The van der Waals surface area contributed by atoms with Crippen molar-refractivity contribution in [2.75, 3.05) is 25.4 Å². The minimum atomic E-state index is -3.96. The second kappa shape index (κ2) is 7.65. The molecule has 7 nitrogen and oxygen atoms in total. The third kappa shape index (κ3) is 15.1. The van der Waals surface area contributed by atoms with Gasteiger partial charge in [0.25, 0.3) is 10.1 Å². The van der Waals surface area contributed by atoms with E-state index in [1.165, 1.54) is 0 Å². The molecule has 0 aliphatic heterocycles. The standard InChI is InChI=1S/C4H10N2O5S.Na.H/c7-6(8)3-1-5-2-4-12(9,10)11;;/h5H,1-4H2,(H,9,10,11);;. The Bertz CT molecular complexity index is 241. The maximum absolute atomic E-state index is 10.1. The minimum absolute atomic E-state index is 0. The Morgan fingerprint density at radius 2 is 1.92 bits per heavy atom. The topological polar surface area (TPSA) is 110 Å². The molecule has 9 heteroatoms. The van der Waals surface area contributed by atoms with Crippen LogP contribution < -0.4 is 5.32 Å². The van der Waals surface area contributed by atoms with Crippen molar-refractivity contribution >= 4 is 39.7 Å². The van der Waals surface area contributed by atoms with Crippen LogP contribution in [0.5, 0.6) is 0 Å². The Morgan fingerprint density at radius 1 is 1.38 bits per heavy atom. The van der Waals surface area contributed by atoms with Crippen molar-refractivity contribution in [3.63, 3.8) is 0 Å². The van der Waals surface area contributed by atoms with Crippen LogP contribution in [-0.4, -0.2) is 72.8 Å². The van der Waals surface area contributed by atoms with E-state index in [2.05, 4.69) is 5.32 Å². The van der Waals surface area contributed by atoms with E-state index in [9.17, 15) is 18.5 Å². The van der Waals surface area contributed by atoms with Gasteiger partial charge in [0.05, 0.1) is 12.3 Å². The molecule has 0 atom stereocenters. The molecule has 0 radical (unpaired) electrons. The Labute approximate surface area is 98.1 Å². The summed E-state index contributed by atoms with van der Waals surface area (Å²) in [5, 5.41) is 12.2. The van der Waals surface area contributed by atoms with Gasteiger partial charge >= 0.3 is 29.6 Å². The zero-order valence-corrected chi connectivity index (χ0v) is 7.08. The van der Waals surface area contributed by atoms with Crippen LogP contribution in [-0.2, 0) is 10.1 Å². The normalized spacial score (nSPS) is 10.5. The number of nitro groups is 1. The van der Waals surface area contributed by atoms with Crippen molar-refractivity contribution in [2.24, 2.45) is 0 Å². The molecule has 2 N–H and O–H groups in total. The monoisotopic (exact) mass is 222 g/mol. The molecule has 0 aromatic carbocycles. The summed E-state index contributed by atoms with van der Waals surface area (Å²) in [7, 11) is -3.96. The summed E-state index contributed by atoms with van der Waals surface area (Å²) in [6.07, 6.45) is 0. The fourth-order valence-electron chi connectivity index (χ4n) is 0.496. The van der Waals surface area contributed by atoms with Crippen molar-refractivity contribution in [3.8, 4) is 0 Å². The van der Waals surface area contributed by atoms with Gasteiger partial charge in [-0.1, -0.05) is 0 Å². The van der Waals surface area contributed by atoms with Gasteiger partial charge in [-0.15, -0.1) is 0 Å². The van der Waals surface area contributed by atoms with E-state index in [1.54, 1.807) is 0 Å². The van der Waals surface area contributed by atoms with Gasteiger partial charge in [0.2, 0.25) is 6.54 Å². The molecule has 0 fully saturated rings. The summed E-state index contributed by atoms with van der Waals surface area (Å²) in [5.41, 5.74) is 0. The van der Waals surface area contributed by atoms with Crippen LogP contribution in [0.25, 0.3) is 0 Å². The molecule has 0 aliphatic rings. The zero-order chi connectivity index (χ0) is 9.61. The molecule has 0 aromatic rings. The fraction of sp³-hybridized carbons (Fsp3) is 1.00. The Hall–Kier alpha value is 0.270.